The van der Waals surface area contributed by atoms with Gasteiger partial charge in [0.05, 0.1) is 25.1 Å². The van der Waals surface area contributed by atoms with Crippen LogP contribution in [0.3, 0.4) is 0 Å². The summed E-state index contributed by atoms with van der Waals surface area (Å²) in [5.41, 5.74) is 1.84. The number of methoxy groups -OCH3 is 2. The van der Waals surface area contributed by atoms with Gasteiger partial charge in [-0.15, -0.1) is 0 Å². The van der Waals surface area contributed by atoms with Crippen LogP contribution in [-0.4, -0.2) is 34.1 Å². The molecule has 9 nitrogen and oxygen atoms in total. The molecule has 0 atom stereocenters. The lowest BCUT2D eigenvalue weighted by atomic mass is 10.0. The van der Waals surface area contributed by atoms with Gasteiger partial charge in [0, 0.05) is 17.0 Å². The predicted molar refractivity (Wildman–Crippen MR) is 121 cm³/mol. The van der Waals surface area contributed by atoms with E-state index in [0.717, 1.165) is 0 Å². The average molecular weight is 435 g/mol. The fourth-order valence-corrected chi connectivity index (χ4v) is 4.12. The van der Waals surface area contributed by atoms with E-state index >= 15 is 0 Å². The van der Waals surface area contributed by atoms with Gasteiger partial charge >= 0.3 is 0 Å². The second kappa shape index (κ2) is 6.94. The monoisotopic (exact) mass is 435 g/mol. The molecule has 0 radical (unpaired) electrons. The molecule has 0 bridgehead atoms. The predicted octanol–water partition coefficient (Wildman–Crippen LogP) is 3.89. The van der Waals surface area contributed by atoms with Crippen molar-refractivity contribution < 1.29 is 19.0 Å². The molecular weight excluding hydrogens is 414 g/mol. The minimum absolute atomic E-state index is 0.0352. The molecule has 0 aliphatic carbocycles. The van der Waals surface area contributed by atoms with E-state index in [9.17, 15) is 14.7 Å². The number of pyridine rings is 1. The van der Waals surface area contributed by atoms with Crippen molar-refractivity contribution in [3.63, 3.8) is 0 Å². The molecule has 0 fully saturated rings. The molecule has 32 heavy (non-hydrogen) atoms. The van der Waals surface area contributed by atoms with E-state index in [2.05, 4.69) is 10.1 Å². The maximum absolute atomic E-state index is 13.1. The quantitative estimate of drug-likeness (QED) is 0.394. The summed E-state index contributed by atoms with van der Waals surface area (Å²) in [6.45, 7) is 3.90. The normalized spacial score (nSPS) is 11.8. The smallest absolute Gasteiger partial charge is 0.274 e. The zero-order valence-corrected chi connectivity index (χ0v) is 17.9. The zero-order valence-electron chi connectivity index (χ0n) is 17.9. The van der Waals surface area contributed by atoms with Crippen LogP contribution in [0.5, 0.6) is 17.2 Å². The number of phenols is 1. The van der Waals surface area contributed by atoms with Crippen LogP contribution in [0.4, 0.5) is 0 Å². The summed E-state index contributed by atoms with van der Waals surface area (Å²) in [5, 5.41) is 14.1. The first-order chi connectivity index (χ1) is 15.3. The van der Waals surface area contributed by atoms with Crippen molar-refractivity contribution in [3.8, 4) is 28.4 Å². The van der Waals surface area contributed by atoms with Gasteiger partial charge in [0.1, 0.15) is 5.65 Å². The van der Waals surface area contributed by atoms with Crippen LogP contribution < -0.4 is 20.5 Å². The molecule has 0 aliphatic rings. The molecule has 3 heterocycles. The second-order valence-electron chi connectivity index (χ2n) is 7.79. The third kappa shape index (κ3) is 2.64. The van der Waals surface area contributed by atoms with Crippen molar-refractivity contribution in [1.82, 2.24) is 14.8 Å². The number of aromatic nitrogens is 3. The zero-order chi connectivity index (χ0) is 22.7. The summed E-state index contributed by atoms with van der Waals surface area (Å²) in [5.74, 6) is 0.550. The van der Waals surface area contributed by atoms with Gasteiger partial charge in [0.15, 0.2) is 22.7 Å². The first-order valence-corrected chi connectivity index (χ1v) is 10.0. The highest BCUT2D eigenvalue weighted by Gasteiger charge is 2.24. The molecule has 0 saturated carbocycles. The van der Waals surface area contributed by atoms with Crippen LogP contribution in [0.1, 0.15) is 19.9 Å². The number of rotatable bonds is 4. The number of ether oxygens (including phenoxy) is 2. The highest BCUT2D eigenvalue weighted by Crippen LogP contribution is 2.42. The molecule has 0 spiro atoms. The average Bonchev–Trinajstić information content (AvgIpc) is 3.32. The number of hydrogen-bond acceptors (Lipinski definition) is 6. The fourth-order valence-electron chi connectivity index (χ4n) is 4.12. The summed E-state index contributed by atoms with van der Waals surface area (Å²) >= 11 is 0. The topological polar surface area (TPSA) is 122 Å². The molecule has 5 rings (SSSR count). The van der Waals surface area contributed by atoms with Crippen LogP contribution in [0, 0.1) is 0 Å². The van der Waals surface area contributed by atoms with Crippen molar-refractivity contribution in [3.05, 3.63) is 50.9 Å². The molecule has 9 heteroatoms. The van der Waals surface area contributed by atoms with Gasteiger partial charge < -0.3 is 24.0 Å². The van der Waals surface area contributed by atoms with Gasteiger partial charge in [-0.3, -0.25) is 19.4 Å². The Morgan fingerprint density at radius 2 is 1.78 bits per heavy atom. The number of furan rings is 1. The van der Waals surface area contributed by atoms with Gasteiger partial charge in [-0.05, 0) is 43.7 Å². The van der Waals surface area contributed by atoms with Crippen LogP contribution in [0.15, 0.2) is 44.3 Å². The Labute approximate surface area is 180 Å². The molecule has 0 saturated heterocycles. The first-order valence-electron chi connectivity index (χ1n) is 10.0. The minimum atomic E-state index is -0.543. The van der Waals surface area contributed by atoms with E-state index in [1.807, 2.05) is 13.8 Å². The van der Waals surface area contributed by atoms with E-state index in [0.29, 0.717) is 50.1 Å². The largest absolute Gasteiger partial charge is 0.502 e. The minimum Gasteiger partial charge on any atom is -0.502 e. The first kappa shape index (κ1) is 19.8. The summed E-state index contributed by atoms with van der Waals surface area (Å²) in [6.07, 6.45) is 0. The summed E-state index contributed by atoms with van der Waals surface area (Å²) in [4.78, 5) is 28.3. The molecule has 2 aromatic carbocycles. The lowest BCUT2D eigenvalue weighted by molar-refractivity contribution is 0.355. The fraction of sp³-hybridized carbons (Fsp3) is 0.217. The van der Waals surface area contributed by atoms with E-state index in [-0.39, 0.29) is 17.2 Å². The van der Waals surface area contributed by atoms with Crippen LogP contribution in [-0.2, 0) is 0 Å². The van der Waals surface area contributed by atoms with Gasteiger partial charge in [-0.2, -0.15) is 0 Å². The Bertz CT molecular complexity index is 1630. The highest BCUT2D eigenvalue weighted by molar-refractivity contribution is 6.15. The number of hydrogen-bond donors (Lipinski definition) is 3. The van der Waals surface area contributed by atoms with Crippen LogP contribution >= 0.6 is 0 Å². The maximum Gasteiger partial charge on any atom is 0.274 e. The lowest BCUT2D eigenvalue weighted by Crippen LogP contribution is -2.07. The van der Waals surface area contributed by atoms with Crippen LogP contribution in [0.25, 0.3) is 44.2 Å². The second-order valence-corrected chi connectivity index (χ2v) is 7.79. The third-order valence-corrected chi connectivity index (χ3v) is 5.63. The van der Waals surface area contributed by atoms with E-state index < -0.39 is 11.2 Å². The molecule has 0 amide bonds. The van der Waals surface area contributed by atoms with Crippen molar-refractivity contribution >= 4 is 33.1 Å². The third-order valence-electron chi connectivity index (χ3n) is 5.63. The Kier molecular flexibility index (Phi) is 4.30. The molecular formula is C23H21N3O6. The van der Waals surface area contributed by atoms with Crippen molar-refractivity contribution in [2.75, 3.05) is 14.2 Å². The van der Waals surface area contributed by atoms with Crippen molar-refractivity contribution in [2.45, 2.75) is 19.9 Å². The molecule has 3 aromatic heterocycles. The van der Waals surface area contributed by atoms with Gasteiger partial charge in [0.2, 0.25) is 11.2 Å². The highest BCUT2D eigenvalue weighted by atomic mass is 16.5. The molecule has 5 aromatic rings. The number of aromatic amines is 2. The number of nitrogens with one attached hydrogen (secondary N) is 2. The standard InChI is InChI=1S/C23H21N3O6/c1-10(2)26-22-17(23(29)25-26)16(11-5-8-14(30-3)15(9-11)31-4)21-18(24-22)12-6-7-13(27)19(28)20(12)32-21/h5-10,24,28H,1-4H3,(H,25,29). The summed E-state index contributed by atoms with van der Waals surface area (Å²) in [6, 6.07) is 8.14. The number of H-pyrrole nitrogens is 2. The molecule has 0 aliphatic heterocycles. The SMILES string of the molecule is COc1ccc(-c2c3oc4c(O)c(=O)ccc4c3[nH]c3c2c(=O)[nH]n3C(C)C)cc1OC. The van der Waals surface area contributed by atoms with Crippen LogP contribution in [0.2, 0.25) is 0 Å². The Morgan fingerprint density at radius 1 is 1.03 bits per heavy atom. The number of phenolic OH excluding ortho intramolecular Hbond substituents is 1. The Balaban J connectivity index is 2.02. The maximum atomic E-state index is 13.1. The summed E-state index contributed by atoms with van der Waals surface area (Å²) in [7, 11) is 3.07. The number of nitrogens with zero attached hydrogens (tertiary/aromatic N) is 1. The Morgan fingerprint density at radius 3 is 2.47 bits per heavy atom. The number of fused-ring (bicyclic) bond motifs is 4. The number of benzene rings is 2. The van der Waals surface area contributed by atoms with E-state index in [4.69, 9.17) is 13.9 Å². The Hall–Kier alpha value is -4.14. The van der Waals surface area contributed by atoms with Gasteiger partial charge in [0.25, 0.3) is 5.56 Å². The van der Waals surface area contributed by atoms with Crippen molar-refractivity contribution in [1.29, 1.82) is 0 Å². The van der Waals surface area contributed by atoms with Gasteiger partial charge in [-0.25, -0.2) is 0 Å². The lowest BCUT2D eigenvalue weighted by Gasteiger charge is -2.12. The summed E-state index contributed by atoms with van der Waals surface area (Å²) < 4.78 is 18.5. The molecule has 3 N–H and O–H groups in total. The van der Waals surface area contributed by atoms with Gasteiger partial charge in [-0.1, -0.05) is 6.07 Å². The number of aromatic hydroxyl groups is 1. The van der Waals surface area contributed by atoms with E-state index in [1.54, 1.807) is 36.1 Å². The molecule has 164 valence electrons. The van der Waals surface area contributed by atoms with E-state index in [1.165, 1.54) is 13.2 Å². The van der Waals surface area contributed by atoms with Crippen molar-refractivity contribution in [2.24, 2.45) is 0 Å². The molecule has 0 unspecified atom stereocenters.